The molecule has 0 bridgehead atoms. The van der Waals surface area contributed by atoms with E-state index in [-0.39, 0.29) is 5.41 Å². The number of allylic oxidation sites excluding steroid dienone is 1. The summed E-state index contributed by atoms with van der Waals surface area (Å²) in [5.74, 6) is 1.97. The summed E-state index contributed by atoms with van der Waals surface area (Å²) >= 11 is 0. The van der Waals surface area contributed by atoms with Crippen LogP contribution in [0.15, 0.2) is 48.3 Å². The lowest BCUT2D eigenvalue weighted by Gasteiger charge is -2.53. The second-order valence-corrected chi connectivity index (χ2v) is 10.9. The van der Waals surface area contributed by atoms with Gasteiger partial charge in [0.25, 0.3) is 0 Å². The Balaban J connectivity index is 1.49. The van der Waals surface area contributed by atoms with Gasteiger partial charge in [0, 0.05) is 23.7 Å². The monoisotopic (exact) mass is 417 g/mol. The summed E-state index contributed by atoms with van der Waals surface area (Å²) in [6.45, 7) is 7.12. The first-order valence-corrected chi connectivity index (χ1v) is 12.8. The van der Waals surface area contributed by atoms with Gasteiger partial charge >= 0.3 is 0 Å². The van der Waals surface area contributed by atoms with Gasteiger partial charge in [0.1, 0.15) is 0 Å². The first-order valence-electron chi connectivity index (χ1n) is 12.8. The molecule has 2 saturated carbocycles. The van der Waals surface area contributed by atoms with Crippen molar-refractivity contribution in [1.29, 1.82) is 0 Å². The van der Waals surface area contributed by atoms with E-state index in [1.807, 2.05) is 12.4 Å². The maximum atomic E-state index is 12.3. The van der Waals surface area contributed by atoms with E-state index in [1.165, 1.54) is 48.4 Å². The molecule has 6 atom stereocenters. The lowest BCUT2D eigenvalue weighted by atomic mass is 9.54. The number of nitrogens with zero attached hydrogens (tertiary/aromatic N) is 1. The fraction of sp³-hybridized carbons (Fsp3) is 0.621. The minimum atomic E-state index is -0.525. The minimum Gasteiger partial charge on any atom is -0.389 e. The van der Waals surface area contributed by atoms with E-state index in [9.17, 15) is 5.11 Å². The SMILES string of the molecule is CCCC1=CC2CCC3(C)C(c4ccc5ccncc5c4)CCC3[C@@]2(O)CCC1CC. The molecule has 2 nitrogen and oxygen atoms in total. The van der Waals surface area contributed by atoms with Crippen LogP contribution in [0, 0.1) is 23.2 Å². The smallest absolute Gasteiger partial charge is 0.0743 e. The number of benzene rings is 1. The van der Waals surface area contributed by atoms with Gasteiger partial charge in [-0.3, -0.25) is 4.98 Å². The van der Waals surface area contributed by atoms with Crippen LogP contribution in [0.3, 0.4) is 0 Å². The molecule has 1 aromatic carbocycles. The van der Waals surface area contributed by atoms with Crippen LogP contribution < -0.4 is 0 Å². The predicted molar refractivity (Wildman–Crippen MR) is 129 cm³/mol. The van der Waals surface area contributed by atoms with E-state index < -0.39 is 5.60 Å². The van der Waals surface area contributed by atoms with Gasteiger partial charge in [-0.05, 0) is 97.6 Å². The van der Waals surface area contributed by atoms with E-state index in [0.717, 1.165) is 25.7 Å². The zero-order valence-corrected chi connectivity index (χ0v) is 19.6. The quantitative estimate of drug-likeness (QED) is 0.525. The van der Waals surface area contributed by atoms with Gasteiger partial charge in [-0.1, -0.05) is 51.0 Å². The van der Waals surface area contributed by atoms with E-state index in [4.69, 9.17) is 0 Å². The Labute approximate surface area is 188 Å². The Kier molecular flexibility index (Phi) is 5.49. The Bertz CT molecular complexity index is 980. The molecule has 3 aliphatic carbocycles. The van der Waals surface area contributed by atoms with Crippen LogP contribution in [-0.4, -0.2) is 15.7 Å². The molecule has 1 N–H and O–H groups in total. The Morgan fingerprint density at radius 1 is 1.03 bits per heavy atom. The van der Waals surface area contributed by atoms with E-state index in [1.54, 1.807) is 5.57 Å². The highest BCUT2D eigenvalue weighted by molar-refractivity contribution is 5.82. The highest BCUT2D eigenvalue weighted by Crippen LogP contribution is 2.65. The number of aliphatic hydroxyl groups is 1. The summed E-state index contributed by atoms with van der Waals surface area (Å²) in [6.07, 6.45) is 16.9. The van der Waals surface area contributed by atoms with Crippen molar-refractivity contribution in [2.24, 2.45) is 23.2 Å². The van der Waals surface area contributed by atoms with Gasteiger partial charge in [0.2, 0.25) is 0 Å². The topological polar surface area (TPSA) is 33.1 Å². The fourth-order valence-electron chi connectivity index (χ4n) is 7.86. The molecule has 5 rings (SSSR count). The van der Waals surface area contributed by atoms with E-state index >= 15 is 0 Å². The van der Waals surface area contributed by atoms with Gasteiger partial charge in [-0.15, -0.1) is 0 Å². The summed E-state index contributed by atoms with van der Waals surface area (Å²) in [7, 11) is 0. The van der Waals surface area contributed by atoms with Crippen LogP contribution in [0.1, 0.15) is 90.0 Å². The molecule has 166 valence electrons. The standard InChI is InChI=1S/C29H39NO/c1-4-6-22-18-25-12-14-28(3)26(23-8-7-21-13-16-30-19-24(21)17-23)9-10-27(28)29(25,31)15-11-20(22)5-2/h7-8,13,16-20,25-27,31H,4-6,9-12,14-15H2,1-3H3/t20?,25?,26?,27?,28?,29-/m1/s1. The molecule has 0 radical (unpaired) electrons. The van der Waals surface area contributed by atoms with E-state index in [0.29, 0.717) is 23.7 Å². The lowest BCUT2D eigenvalue weighted by molar-refractivity contribution is -0.129. The summed E-state index contributed by atoms with van der Waals surface area (Å²) < 4.78 is 0. The van der Waals surface area contributed by atoms with Crippen molar-refractivity contribution in [2.45, 2.75) is 90.1 Å². The lowest BCUT2D eigenvalue weighted by Crippen LogP contribution is -2.53. The van der Waals surface area contributed by atoms with Crippen molar-refractivity contribution >= 4 is 10.8 Å². The molecule has 1 aromatic heterocycles. The minimum absolute atomic E-state index is 0.186. The first kappa shape index (κ1) is 21.2. The number of rotatable bonds is 4. The molecule has 2 heteroatoms. The molecule has 0 saturated heterocycles. The van der Waals surface area contributed by atoms with Gasteiger partial charge in [-0.2, -0.15) is 0 Å². The molecule has 2 fully saturated rings. The van der Waals surface area contributed by atoms with Crippen molar-refractivity contribution in [3.8, 4) is 0 Å². The highest BCUT2D eigenvalue weighted by Gasteiger charge is 2.60. The molecule has 0 spiro atoms. The van der Waals surface area contributed by atoms with Crippen LogP contribution in [0.5, 0.6) is 0 Å². The number of pyridine rings is 1. The van der Waals surface area contributed by atoms with Gasteiger partial charge in [-0.25, -0.2) is 0 Å². The van der Waals surface area contributed by atoms with Gasteiger partial charge in [0.05, 0.1) is 5.60 Å². The second kappa shape index (κ2) is 8.03. The predicted octanol–water partition coefficient (Wildman–Crippen LogP) is 7.42. The summed E-state index contributed by atoms with van der Waals surface area (Å²) in [5.41, 5.74) is 2.76. The summed E-state index contributed by atoms with van der Waals surface area (Å²) in [5, 5.41) is 14.8. The van der Waals surface area contributed by atoms with Crippen molar-refractivity contribution in [2.75, 3.05) is 0 Å². The van der Waals surface area contributed by atoms with Crippen molar-refractivity contribution in [3.05, 3.63) is 53.9 Å². The number of hydrogen-bond donors (Lipinski definition) is 1. The van der Waals surface area contributed by atoms with E-state index in [2.05, 4.69) is 56.1 Å². The van der Waals surface area contributed by atoms with Crippen LogP contribution in [0.4, 0.5) is 0 Å². The van der Waals surface area contributed by atoms with Crippen LogP contribution >= 0.6 is 0 Å². The average molecular weight is 418 g/mol. The molecule has 0 aliphatic heterocycles. The third-order valence-corrected chi connectivity index (χ3v) is 9.51. The average Bonchev–Trinajstić information content (AvgIpc) is 3.07. The van der Waals surface area contributed by atoms with Crippen molar-refractivity contribution < 1.29 is 5.11 Å². The molecular formula is C29H39NO. The Morgan fingerprint density at radius 2 is 1.90 bits per heavy atom. The molecule has 31 heavy (non-hydrogen) atoms. The maximum absolute atomic E-state index is 12.3. The molecule has 2 aromatic rings. The number of fused-ring (bicyclic) bond motifs is 4. The number of aromatic nitrogens is 1. The maximum Gasteiger partial charge on any atom is 0.0743 e. The first-order chi connectivity index (χ1) is 15.0. The molecule has 5 unspecified atom stereocenters. The summed E-state index contributed by atoms with van der Waals surface area (Å²) in [6, 6.07) is 9.08. The van der Waals surface area contributed by atoms with Crippen LogP contribution in [0.25, 0.3) is 10.8 Å². The van der Waals surface area contributed by atoms with Crippen molar-refractivity contribution in [1.82, 2.24) is 4.98 Å². The zero-order chi connectivity index (χ0) is 21.6. The van der Waals surface area contributed by atoms with Crippen LogP contribution in [-0.2, 0) is 0 Å². The normalized spacial score (nSPS) is 37.7. The van der Waals surface area contributed by atoms with Gasteiger partial charge in [0.15, 0.2) is 0 Å². The highest BCUT2D eigenvalue weighted by atomic mass is 16.3. The Hall–Kier alpha value is -1.67. The third-order valence-electron chi connectivity index (χ3n) is 9.51. The zero-order valence-electron chi connectivity index (χ0n) is 19.6. The van der Waals surface area contributed by atoms with Crippen molar-refractivity contribution in [3.63, 3.8) is 0 Å². The second-order valence-electron chi connectivity index (χ2n) is 10.9. The Morgan fingerprint density at radius 3 is 2.71 bits per heavy atom. The summed E-state index contributed by atoms with van der Waals surface area (Å²) in [4.78, 5) is 4.35. The molecule has 3 aliphatic rings. The number of hydrogen-bond acceptors (Lipinski definition) is 2. The van der Waals surface area contributed by atoms with Gasteiger partial charge < -0.3 is 5.11 Å². The largest absolute Gasteiger partial charge is 0.389 e. The molecular weight excluding hydrogens is 378 g/mol. The molecule has 1 heterocycles. The molecule has 0 amide bonds. The fourth-order valence-corrected chi connectivity index (χ4v) is 7.86. The third kappa shape index (κ3) is 3.37. The van der Waals surface area contributed by atoms with Crippen LogP contribution in [0.2, 0.25) is 0 Å².